The molecule has 0 fully saturated rings. The number of rotatable bonds is 5. The van der Waals surface area contributed by atoms with Gasteiger partial charge in [-0.25, -0.2) is 17.6 Å². The van der Waals surface area contributed by atoms with Crippen LogP contribution in [0, 0.1) is 11.6 Å². The van der Waals surface area contributed by atoms with Crippen LogP contribution in [-0.2, 0) is 0 Å². The van der Waals surface area contributed by atoms with Gasteiger partial charge in [-0.05, 0) is 24.2 Å². The average Bonchev–Trinajstić information content (AvgIpc) is 2.31. The second-order valence-corrected chi connectivity index (χ2v) is 4.16. The van der Waals surface area contributed by atoms with Gasteiger partial charge in [0.1, 0.15) is 6.04 Å². The van der Waals surface area contributed by atoms with Crippen LogP contribution in [0.1, 0.15) is 18.5 Å². The van der Waals surface area contributed by atoms with E-state index < -0.39 is 40.6 Å². The first-order valence-electron chi connectivity index (χ1n) is 5.25. The van der Waals surface area contributed by atoms with Gasteiger partial charge >= 0.3 is 12.3 Å². The van der Waals surface area contributed by atoms with Gasteiger partial charge in [-0.3, -0.25) is 0 Å². The van der Waals surface area contributed by atoms with E-state index in [9.17, 15) is 26.3 Å². The predicted molar refractivity (Wildman–Crippen MR) is 58.7 cm³/mol. The Balaban J connectivity index is 3.31. The van der Waals surface area contributed by atoms with Gasteiger partial charge in [0.15, 0.2) is 11.6 Å². The summed E-state index contributed by atoms with van der Waals surface area (Å²) in [7, 11) is 0. The van der Waals surface area contributed by atoms with Gasteiger partial charge in [-0.1, -0.05) is 18.5 Å². The average molecular weight is 306 g/mol. The number of hydrogen-bond donors (Lipinski definition) is 1. The minimum Gasteiger partial charge on any atom is -0.305 e. The van der Waals surface area contributed by atoms with Gasteiger partial charge in [0.25, 0.3) is 0 Å². The van der Waals surface area contributed by atoms with Crippen LogP contribution in [0.15, 0.2) is 12.1 Å². The molecule has 1 aromatic carbocycles. The van der Waals surface area contributed by atoms with E-state index in [2.05, 4.69) is 5.32 Å². The molecular formula is C11H10ClF6N. The van der Waals surface area contributed by atoms with Crippen molar-refractivity contribution in [3.05, 3.63) is 34.4 Å². The second kappa shape index (κ2) is 6.00. The van der Waals surface area contributed by atoms with Crippen molar-refractivity contribution in [1.29, 1.82) is 0 Å². The van der Waals surface area contributed by atoms with Crippen LogP contribution >= 0.6 is 11.6 Å². The standard InChI is InChI=1S/C11H10ClF6N/c1-2-19-9(11(17,18)10(15)16)5-3-7(13)8(14)4-6(5)12/h3-4,9-10,19H,2H2,1H3. The van der Waals surface area contributed by atoms with Crippen molar-refractivity contribution >= 4 is 11.6 Å². The van der Waals surface area contributed by atoms with Gasteiger partial charge in [-0.15, -0.1) is 0 Å². The monoisotopic (exact) mass is 305 g/mol. The molecule has 1 atom stereocenters. The molecule has 0 spiro atoms. The van der Waals surface area contributed by atoms with Crippen molar-refractivity contribution in [2.45, 2.75) is 25.3 Å². The first kappa shape index (κ1) is 16.1. The molecule has 0 saturated heterocycles. The van der Waals surface area contributed by atoms with E-state index in [0.29, 0.717) is 12.1 Å². The number of benzene rings is 1. The summed E-state index contributed by atoms with van der Waals surface area (Å²) in [5.74, 6) is -7.25. The first-order chi connectivity index (χ1) is 8.71. The number of nitrogens with one attached hydrogen (secondary N) is 1. The Kier molecular flexibility index (Phi) is 5.09. The molecule has 1 unspecified atom stereocenters. The molecule has 19 heavy (non-hydrogen) atoms. The van der Waals surface area contributed by atoms with Crippen LogP contribution in [0.3, 0.4) is 0 Å². The molecule has 0 aromatic heterocycles. The minimum atomic E-state index is -4.47. The van der Waals surface area contributed by atoms with Gasteiger partial charge < -0.3 is 5.32 Å². The molecule has 0 bridgehead atoms. The van der Waals surface area contributed by atoms with Gasteiger partial charge in [0, 0.05) is 5.02 Å². The van der Waals surface area contributed by atoms with E-state index in [1.807, 2.05) is 0 Å². The van der Waals surface area contributed by atoms with E-state index in [1.54, 1.807) is 0 Å². The number of alkyl halides is 4. The van der Waals surface area contributed by atoms with Crippen LogP contribution in [0.25, 0.3) is 0 Å². The first-order valence-corrected chi connectivity index (χ1v) is 5.63. The third kappa shape index (κ3) is 3.33. The van der Waals surface area contributed by atoms with Crippen molar-refractivity contribution in [1.82, 2.24) is 5.32 Å². The zero-order chi connectivity index (χ0) is 14.8. The molecule has 0 aliphatic heterocycles. The SMILES string of the molecule is CCNC(c1cc(F)c(F)cc1Cl)C(F)(F)C(F)F. The van der Waals surface area contributed by atoms with Crippen LogP contribution < -0.4 is 5.32 Å². The smallest absolute Gasteiger partial charge is 0.305 e. The molecule has 0 aliphatic carbocycles. The normalized spacial score (nSPS) is 13.9. The Morgan fingerprint density at radius 1 is 1.21 bits per heavy atom. The molecule has 0 saturated carbocycles. The van der Waals surface area contributed by atoms with E-state index in [0.717, 1.165) is 0 Å². The Labute approximate surface area is 110 Å². The van der Waals surface area contributed by atoms with E-state index >= 15 is 0 Å². The molecule has 0 aliphatic rings. The maximum Gasteiger partial charge on any atom is 0.326 e. The fourth-order valence-corrected chi connectivity index (χ4v) is 1.80. The minimum absolute atomic E-state index is 0.0811. The highest BCUT2D eigenvalue weighted by atomic mass is 35.5. The molecule has 1 nitrogen and oxygen atoms in total. The van der Waals surface area contributed by atoms with Crippen molar-refractivity contribution < 1.29 is 26.3 Å². The second-order valence-electron chi connectivity index (χ2n) is 3.75. The Bertz CT molecular complexity index is 451. The lowest BCUT2D eigenvalue weighted by molar-refractivity contribution is -0.151. The van der Waals surface area contributed by atoms with Crippen molar-refractivity contribution in [2.24, 2.45) is 0 Å². The molecule has 0 amide bonds. The quantitative estimate of drug-likeness (QED) is 0.636. The predicted octanol–water partition coefficient (Wildman–Crippen LogP) is 4.17. The molecule has 108 valence electrons. The summed E-state index contributed by atoms with van der Waals surface area (Å²) in [5, 5.41) is 1.55. The summed E-state index contributed by atoms with van der Waals surface area (Å²) in [4.78, 5) is 0. The maximum absolute atomic E-state index is 13.4. The van der Waals surface area contributed by atoms with Gasteiger partial charge in [-0.2, -0.15) is 8.78 Å². The van der Waals surface area contributed by atoms with Crippen LogP contribution in [0.5, 0.6) is 0 Å². The molecule has 0 heterocycles. The lowest BCUT2D eigenvalue weighted by atomic mass is 10.00. The number of hydrogen-bond acceptors (Lipinski definition) is 1. The molecule has 0 radical (unpaired) electrons. The highest BCUT2D eigenvalue weighted by Gasteiger charge is 2.49. The summed E-state index contributed by atoms with van der Waals surface area (Å²) >= 11 is 5.52. The molecule has 1 rings (SSSR count). The van der Waals surface area contributed by atoms with Crippen molar-refractivity contribution in [3.63, 3.8) is 0 Å². The van der Waals surface area contributed by atoms with Crippen molar-refractivity contribution in [2.75, 3.05) is 6.54 Å². The molecular weight excluding hydrogens is 296 g/mol. The zero-order valence-electron chi connectivity index (χ0n) is 9.66. The van der Waals surface area contributed by atoms with Crippen LogP contribution in [0.4, 0.5) is 26.3 Å². The topological polar surface area (TPSA) is 12.0 Å². The van der Waals surface area contributed by atoms with E-state index in [4.69, 9.17) is 11.6 Å². The van der Waals surface area contributed by atoms with Gasteiger partial charge in [0.05, 0.1) is 0 Å². The fraction of sp³-hybridized carbons (Fsp3) is 0.455. The summed E-state index contributed by atoms with van der Waals surface area (Å²) in [6, 6.07) is -1.35. The van der Waals surface area contributed by atoms with Gasteiger partial charge in [0.2, 0.25) is 0 Å². The summed E-state index contributed by atoms with van der Waals surface area (Å²) in [6.07, 6.45) is -3.97. The van der Waals surface area contributed by atoms with Crippen LogP contribution in [-0.4, -0.2) is 18.9 Å². The number of halogens is 7. The Hall–Kier alpha value is -0.950. The highest BCUT2D eigenvalue weighted by Crippen LogP contribution is 2.39. The maximum atomic E-state index is 13.4. The molecule has 8 heteroatoms. The summed E-state index contributed by atoms with van der Waals surface area (Å²) in [6.45, 7) is 1.32. The largest absolute Gasteiger partial charge is 0.326 e. The molecule has 1 aromatic rings. The Morgan fingerprint density at radius 3 is 2.21 bits per heavy atom. The van der Waals surface area contributed by atoms with Crippen LogP contribution in [0.2, 0.25) is 5.02 Å². The third-order valence-corrected chi connectivity index (χ3v) is 2.76. The fourth-order valence-electron chi connectivity index (χ4n) is 1.54. The van der Waals surface area contributed by atoms with E-state index in [1.165, 1.54) is 6.92 Å². The van der Waals surface area contributed by atoms with Crippen molar-refractivity contribution in [3.8, 4) is 0 Å². The zero-order valence-corrected chi connectivity index (χ0v) is 10.4. The third-order valence-electron chi connectivity index (χ3n) is 2.43. The summed E-state index contributed by atoms with van der Waals surface area (Å²) in [5.41, 5.74) is -0.618. The highest BCUT2D eigenvalue weighted by molar-refractivity contribution is 6.31. The summed E-state index contributed by atoms with van der Waals surface area (Å²) < 4.78 is 77.5. The Morgan fingerprint density at radius 2 is 1.74 bits per heavy atom. The lowest BCUT2D eigenvalue weighted by Gasteiger charge is -2.28. The lowest BCUT2D eigenvalue weighted by Crippen LogP contribution is -2.42. The molecule has 1 N–H and O–H groups in total. The van der Waals surface area contributed by atoms with E-state index in [-0.39, 0.29) is 6.54 Å².